The molecule has 4 aromatic rings. The monoisotopic (exact) mass is 484 g/mol. The molecule has 4 rings (SSSR count). The number of benzene rings is 4. The van der Waals surface area contributed by atoms with E-state index in [2.05, 4.69) is 12.1 Å². The molecule has 5 nitrogen and oxygen atoms in total. The molecule has 0 aliphatic carbocycles. The van der Waals surface area contributed by atoms with Gasteiger partial charge in [0, 0.05) is 5.92 Å². The highest BCUT2D eigenvalue weighted by Gasteiger charge is 2.30. The van der Waals surface area contributed by atoms with Gasteiger partial charge in [0.05, 0.1) is 21.3 Å². The van der Waals surface area contributed by atoms with Gasteiger partial charge in [-0.15, -0.1) is 0 Å². The summed E-state index contributed by atoms with van der Waals surface area (Å²) in [6.07, 6.45) is -0.387. The zero-order valence-electron chi connectivity index (χ0n) is 21.1. The van der Waals surface area contributed by atoms with E-state index in [0.717, 1.165) is 22.4 Å². The Hall–Kier alpha value is -4.12. The van der Waals surface area contributed by atoms with Crippen LogP contribution < -0.4 is 23.7 Å². The summed E-state index contributed by atoms with van der Waals surface area (Å²) < 4.78 is 29.7. The summed E-state index contributed by atoms with van der Waals surface area (Å²) in [4.78, 5) is 0. The van der Waals surface area contributed by atoms with Crippen molar-refractivity contribution in [3.05, 3.63) is 114 Å². The second-order valence-electron chi connectivity index (χ2n) is 8.44. The van der Waals surface area contributed by atoms with Crippen molar-refractivity contribution in [2.75, 3.05) is 27.9 Å². The highest BCUT2D eigenvalue weighted by molar-refractivity contribution is 5.48. The van der Waals surface area contributed by atoms with Gasteiger partial charge in [-0.3, -0.25) is 0 Å². The molecule has 0 radical (unpaired) electrons. The Labute approximate surface area is 213 Å². The first-order valence-electron chi connectivity index (χ1n) is 11.9. The lowest BCUT2D eigenvalue weighted by Crippen LogP contribution is -2.33. The van der Waals surface area contributed by atoms with Crippen molar-refractivity contribution >= 4 is 0 Å². The van der Waals surface area contributed by atoms with Gasteiger partial charge in [0.2, 0.25) is 0 Å². The fourth-order valence-electron chi connectivity index (χ4n) is 4.26. The number of methoxy groups -OCH3 is 3. The predicted molar refractivity (Wildman–Crippen MR) is 142 cm³/mol. The highest BCUT2D eigenvalue weighted by atomic mass is 16.5. The van der Waals surface area contributed by atoms with Crippen LogP contribution in [0, 0.1) is 6.92 Å². The van der Waals surface area contributed by atoms with Crippen LogP contribution in [-0.4, -0.2) is 34.0 Å². The molecule has 36 heavy (non-hydrogen) atoms. The van der Waals surface area contributed by atoms with E-state index in [1.807, 2.05) is 91.9 Å². The molecule has 0 heterocycles. The third-order valence-electron chi connectivity index (χ3n) is 6.05. The average molecular weight is 485 g/mol. The summed E-state index contributed by atoms with van der Waals surface area (Å²) in [6.45, 7) is 2.34. The van der Waals surface area contributed by atoms with Crippen LogP contribution in [0.4, 0.5) is 0 Å². The van der Waals surface area contributed by atoms with Crippen molar-refractivity contribution in [1.29, 1.82) is 0 Å². The molecule has 5 heteroatoms. The number of aryl methyl sites for hydroxylation is 1. The molecule has 0 spiro atoms. The molecule has 0 saturated carbocycles. The van der Waals surface area contributed by atoms with E-state index < -0.39 is 0 Å². The van der Waals surface area contributed by atoms with Gasteiger partial charge in [-0.1, -0.05) is 60.7 Å². The van der Waals surface area contributed by atoms with Crippen LogP contribution in [0.25, 0.3) is 0 Å². The summed E-state index contributed by atoms with van der Waals surface area (Å²) in [5.74, 6) is 3.28. The van der Waals surface area contributed by atoms with Crippen LogP contribution in [0.3, 0.4) is 0 Å². The Morgan fingerprint density at radius 1 is 0.583 bits per heavy atom. The smallest absolute Gasteiger partial charge is 0.161 e. The summed E-state index contributed by atoms with van der Waals surface area (Å²) in [5, 5.41) is 0. The van der Waals surface area contributed by atoms with E-state index in [0.29, 0.717) is 29.6 Å². The van der Waals surface area contributed by atoms with E-state index in [4.69, 9.17) is 23.7 Å². The molecule has 0 aliphatic heterocycles. The molecule has 0 aromatic heterocycles. The van der Waals surface area contributed by atoms with E-state index in [1.165, 1.54) is 0 Å². The normalized spacial score (nSPS) is 12.3. The first-order chi connectivity index (χ1) is 17.6. The number of hydrogen-bond donors (Lipinski definition) is 0. The van der Waals surface area contributed by atoms with Crippen LogP contribution in [-0.2, 0) is 0 Å². The van der Waals surface area contributed by atoms with E-state index in [1.54, 1.807) is 21.3 Å². The van der Waals surface area contributed by atoms with Gasteiger partial charge in [-0.05, 0) is 60.0 Å². The Balaban J connectivity index is 1.79. The van der Waals surface area contributed by atoms with Gasteiger partial charge in [0.1, 0.15) is 18.5 Å². The van der Waals surface area contributed by atoms with E-state index in [9.17, 15) is 0 Å². The van der Waals surface area contributed by atoms with Crippen molar-refractivity contribution in [3.8, 4) is 28.7 Å². The maximum Gasteiger partial charge on any atom is 0.161 e. The Bertz CT molecular complexity index is 1240. The molecule has 0 amide bonds. The van der Waals surface area contributed by atoms with Crippen molar-refractivity contribution in [3.63, 3.8) is 0 Å². The molecule has 0 saturated heterocycles. The Kier molecular flexibility index (Phi) is 8.35. The quantitative estimate of drug-likeness (QED) is 0.238. The second-order valence-corrected chi connectivity index (χ2v) is 8.44. The van der Waals surface area contributed by atoms with Crippen LogP contribution in [0.15, 0.2) is 97.1 Å². The zero-order valence-corrected chi connectivity index (χ0v) is 21.1. The van der Waals surface area contributed by atoms with Crippen molar-refractivity contribution < 1.29 is 23.7 Å². The predicted octanol–water partition coefficient (Wildman–Crippen LogP) is 6.68. The van der Waals surface area contributed by atoms with E-state index in [-0.39, 0.29) is 12.0 Å². The summed E-state index contributed by atoms with van der Waals surface area (Å²) in [6, 6.07) is 31.9. The maximum absolute atomic E-state index is 6.69. The molecule has 0 bridgehead atoms. The first kappa shape index (κ1) is 25.0. The third-order valence-corrected chi connectivity index (χ3v) is 6.05. The Morgan fingerprint density at radius 2 is 1.19 bits per heavy atom. The molecular weight excluding hydrogens is 452 g/mol. The molecule has 2 atom stereocenters. The van der Waals surface area contributed by atoms with Crippen LogP contribution >= 0.6 is 0 Å². The molecule has 0 aliphatic rings. The summed E-state index contributed by atoms with van der Waals surface area (Å²) in [7, 11) is 4.93. The molecule has 2 unspecified atom stereocenters. The minimum absolute atomic E-state index is 0.166. The lowest BCUT2D eigenvalue weighted by molar-refractivity contribution is 0.111. The minimum atomic E-state index is -0.387. The van der Waals surface area contributed by atoms with Crippen molar-refractivity contribution in [2.45, 2.75) is 18.9 Å². The molecule has 186 valence electrons. The van der Waals surface area contributed by atoms with Gasteiger partial charge >= 0.3 is 0 Å². The van der Waals surface area contributed by atoms with Gasteiger partial charge in [0.25, 0.3) is 0 Å². The number of para-hydroxylation sites is 1. The van der Waals surface area contributed by atoms with E-state index >= 15 is 0 Å². The van der Waals surface area contributed by atoms with Crippen LogP contribution in [0.2, 0.25) is 0 Å². The van der Waals surface area contributed by atoms with Crippen molar-refractivity contribution in [2.24, 2.45) is 0 Å². The van der Waals surface area contributed by atoms with Gasteiger partial charge in [-0.2, -0.15) is 0 Å². The molecule has 0 N–H and O–H groups in total. The van der Waals surface area contributed by atoms with Gasteiger partial charge in [0.15, 0.2) is 23.0 Å². The summed E-state index contributed by atoms with van der Waals surface area (Å²) in [5.41, 5.74) is 3.21. The molecule has 0 fully saturated rings. The first-order valence-corrected chi connectivity index (χ1v) is 11.9. The summed E-state index contributed by atoms with van der Waals surface area (Å²) >= 11 is 0. The standard InChI is InChI=1S/C31H32O5/c1-22-15-17-27(28(19-22)33-3)36-30(21-35-25-13-9-6-10-14-25)31(23-11-7-5-8-12-23)24-16-18-26(32-2)29(20-24)34-4/h5-20,30-31H,21H2,1-4H3. The second kappa shape index (κ2) is 12.0. The Morgan fingerprint density at radius 3 is 1.86 bits per heavy atom. The molecular formula is C31H32O5. The topological polar surface area (TPSA) is 46.2 Å². The minimum Gasteiger partial charge on any atom is -0.493 e. The fourth-order valence-corrected chi connectivity index (χ4v) is 4.26. The highest BCUT2D eigenvalue weighted by Crippen LogP contribution is 2.38. The SMILES string of the molecule is COc1ccc(C(c2ccccc2)C(COc2ccccc2)Oc2ccc(C)cc2OC)cc1OC. The van der Waals surface area contributed by atoms with Crippen molar-refractivity contribution in [1.82, 2.24) is 0 Å². The number of rotatable bonds is 11. The fraction of sp³-hybridized carbons (Fsp3) is 0.226. The maximum atomic E-state index is 6.69. The van der Waals surface area contributed by atoms with Gasteiger partial charge < -0.3 is 23.7 Å². The lowest BCUT2D eigenvalue weighted by Gasteiger charge is -2.30. The zero-order chi connectivity index (χ0) is 25.3. The van der Waals surface area contributed by atoms with Gasteiger partial charge in [-0.25, -0.2) is 0 Å². The lowest BCUT2D eigenvalue weighted by atomic mass is 9.86. The molecule has 4 aromatic carbocycles. The van der Waals surface area contributed by atoms with Crippen LogP contribution in [0.1, 0.15) is 22.6 Å². The van der Waals surface area contributed by atoms with Crippen LogP contribution in [0.5, 0.6) is 28.7 Å². The average Bonchev–Trinajstić information content (AvgIpc) is 2.93. The number of ether oxygens (including phenoxy) is 5. The third kappa shape index (κ3) is 5.92. The number of hydrogen-bond acceptors (Lipinski definition) is 5. The largest absolute Gasteiger partial charge is 0.493 e.